The number of fused-ring (bicyclic) bond motifs is 4. The summed E-state index contributed by atoms with van der Waals surface area (Å²) in [6, 6.07) is 8.17. The molecule has 7 rings (SSSR count). The summed E-state index contributed by atoms with van der Waals surface area (Å²) in [6.07, 6.45) is 5.68. The molecule has 1 aromatic heterocycles. The highest BCUT2D eigenvalue weighted by atomic mass is 16.5. The fourth-order valence-electron chi connectivity index (χ4n) is 7.24. The largest absolute Gasteiger partial charge is 0.497 e. The number of likely N-dealkylation sites (tertiary alicyclic amines) is 2. The van der Waals surface area contributed by atoms with Crippen molar-refractivity contribution < 1.29 is 19.1 Å². The van der Waals surface area contributed by atoms with Gasteiger partial charge in [0, 0.05) is 52.0 Å². The molecular formula is C29H32N4O4. The zero-order valence-electron chi connectivity index (χ0n) is 21.1. The van der Waals surface area contributed by atoms with E-state index in [4.69, 9.17) is 4.74 Å². The third-order valence-electron chi connectivity index (χ3n) is 9.29. The van der Waals surface area contributed by atoms with Crippen molar-refractivity contribution >= 4 is 28.6 Å². The molecule has 2 unspecified atom stereocenters. The van der Waals surface area contributed by atoms with Crippen LogP contribution in [0.15, 0.2) is 47.2 Å². The summed E-state index contributed by atoms with van der Waals surface area (Å²) in [4.78, 5) is 44.9. The smallest absolute Gasteiger partial charge is 0.254 e. The van der Waals surface area contributed by atoms with Gasteiger partial charge in [0.1, 0.15) is 11.8 Å². The van der Waals surface area contributed by atoms with Crippen LogP contribution in [0.1, 0.15) is 43.4 Å². The van der Waals surface area contributed by atoms with Crippen LogP contribution in [0.3, 0.4) is 0 Å². The molecule has 5 heterocycles. The van der Waals surface area contributed by atoms with Gasteiger partial charge in [0.05, 0.1) is 13.2 Å². The molecule has 0 radical (unpaired) electrons. The van der Waals surface area contributed by atoms with Gasteiger partial charge in [-0.3, -0.25) is 24.6 Å². The Morgan fingerprint density at radius 3 is 2.81 bits per heavy atom. The van der Waals surface area contributed by atoms with Crippen molar-refractivity contribution in [1.82, 2.24) is 20.1 Å². The number of aromatic nitrogens is 1. The molecule has 37 heavy (non-hydrogen) atoms. The molecule has 4 fully saturated rings. The van der Waals surface area contributed by atoms with E-state index in [0.717, 1.165) is 50.2 Å². The molecule has 3 amide bonds. The summed E-state index contributed by atoms with van der Waals surface area (Å²) in [6.45, 7) is 6.20. The Morgan fingerprint density at radius 2 is 2.00 bits per heavy atom. The molecule has 1 spiro atoms. The average molecular weight is 501 g/mol. The van der Waals surface area contributed by atoms with Gasteiger partial charge in [-0.15, -0.1) is 0 Å². The molecule has 2 aromatic rings. The highest BCUT2D eigenvalue weighted by molar-refractivity contribution is 6.07. The van der Waals surface area contributed by atoms with Gasteiger partial charge in [0.15, 0.2) is 0 Å². The lowest BCUT2D eigenvalue weighted by atomic mass is 9.67. The van der Waals surface area contributed by atoms with E-state index >= 15 is 0 Å². The van der Waals surface area contributed by atoms with E-state index in [9.17, 15) is 14.4 Å². The predicted molar refractivity (Wildman–Crippen MR) is 137 cm³/mol. The van der Waals surface area contributed by atoms with E-state index in [1.807, 2.05) is 0 Å². The lowest BCUT2D eigenvalue weighted by molar-refractivity contribution is -0.142. The number of imide groups is 1. The van der Waals surface area contributed by atoms with Gasteiger partial charge in [-0.1, -0.05) is 18.2 Å². The number of benzene rings is 1. The molecule has 8 nitrogen and oxygen atoms in total. The quantitative estimate of drug-likeness (QED) is 0.632. The third-order valence-corrected chi connectivity index (χ3v) is 9.29. The Bertz CT molecular complexity index is 1390. The second kappa shape index (κ2) is 8.31. The molecular weight excluding hydrogens is 468 g/mol. The van der Waals surface area contributed by atoms with Gasteiger partial charge in [0.25, 0.3) is 5.91 Å². The molecule has 0 saturated carbocycles. The highest BCUT2D eigenvalue weighted by Crippen LogP contribution is 2.54. The van der Waals surface area contributed by atoms with E-state index in [1.165, 1.54) is 22.2 Å². The van der Waals surface area contributed by atoms with Crippen molar-refractivity contribution in [2.24, 2.45) is 11.3 Å². The lowest BCUT2D eigenvalue weighted by Crippen LogP contribution is -2.52. The van der Waals surface area contributed by atoms with Crippen molar-refractivity contribution in [2.45, 2.75) is 51.6 Å². The number of hydrogen-bond donors (Lipinski definition) is 2. The summed E-state index contributed by atoms with van der Waals surface area (Å²) in [5.74, 6) is 0.524. The van der Waals surface area contributed by atoms with Crippen LogP contribution in [0.25, 0.3) is 10.9 Å². The van der Waals surface area contributed by atoms with Crippen LogP contribution < -0.4 is 5.32 Å². The minimum absolute atomic E-state index is 0.0998. The zero-order chi connectivity index (χ0) is 25.3. The molecule has 4 aliphatic heterocycles. The number of hydrogen-bond acceptors (Lipinski definition) is 5. The van der Waals surface area contributed by atoms with Gasteiger partial charge in [-0.2, -0.15) is 0 Å². The van der Waals surface area contributed by atoms with Crippen molar-refractivity contribution in [2.75, 3.05) is 26.2 Å². The van der Waals surface area contributed by atoms with E-state index < -0.39 is 6.04 Å². The number of nitrogens with one attached hydrogen (secondary N) is 2. The van der Waals surface area contributed by atoms with Crippen LogP contribution in [0, 0.1) is 18.3 Å². The molecule has 2 N–H and O–H groups in total. The van der Waals surface area contributed by atoms with Crippen LogP contribution >= 0.6 is 0 Å². The molecule has 8 heteroatoms. The maximum Gasteiger partial charge on any atom is 0.254 e. The number of ether oxygens (including phenoxy) is 1. The van der Waals surface area contributed by atoms with Gasteiger partial charge in [-0.05, 0) is 63.4 Å². The second-order valence-corrected chi connectivity index (χ2v) is 11.4. The molecule has 1 aliphatic carbocycles. The summed E-state index contributed by atoms with van der Waals surface area (Å²) in [5.41, 5.74) is 5.51. The number of amides is 3. The van der Waals surface area contributed by atoms with Crippen LogP contribution in [-0.2, 0) is 25.7 Å². The predicted octanol–water partition coefficient (Wildman–Crippen LogP) is 2.94. The Labute approximate surface area is 215 Å². The fourth-order valence-corrected chi connectivity index (χ4v) is 7.24. The molecule has 4 saturated heterocycles. The zero-order valence-corrected chi connectivity index (χ0v) is 21.1. The minimum Gasteiger partial charge on any atom is -0.497 e. The third kappa shape index (κ3) is 3.56. The van der Waals surface area contributed by atoms with Crippen molar-refractivity contribution in [1.29, 1.82) is 0 Å². The summed E-state index contributed by atoms with van der Waals surface area (Å²) in [5, 5.41) is 3.70. The number of piperidine rings is 2. The average Bonchev–Trinajstić information content (AvgIpc) is 3.54. The van der Waals surface area contributed by atoms with E-state index in [2.05, 4.69) is 52.5 Å². The minimum atomic E-state index is -0.588. The first-order valence-electron chi connectivity index (χ1n) is 13.4. The van der Waals surface area contributed by atoms with Crippen LogP contribution in [0.5, 0.6) is 0 Å². The first-order valence-corrected chi connectivity index (χ1v) is 13.4. The maximum atomic E-state index is 13.2. The first kappa shape index (κ1) is 22.8. The van der Waals surface area contributed by atoms with Gasteiger partial charge >= 0.3 is 0 Å². The number of carbonyl (C=O) groups excluding carboxylic acids is 3. The van der Waals surface area contributed by atoms with Crippen LogP contribution in [0.4, 0.5) is 0 Å². The van der Waals surface area contributed by atoms with E-state index in [0.29, 0.717) is 31.1 Å². The number of H-pyrrole nitrogens is 1. The second-order valence-electron chi connectivity index (χ2n) is 11.4. The van der Waals surface area contributed by atoms with Crippen LogP contribution in [0.2, 0.25) is 0 Å². The number of nitrogens with zero attached hydrogens (tertiary/aromatic N) is 2. The van der Waals surface area contributed by atoms with Crippen LogP contribution in [-0.4, -0.2) is 64.8 Å². The number of carbonyl (C=O) groups is 3. The Morgan fingerprint density at radius 1 is 1.16 bits per heavy atom. The molecule has 1 aromatic carbocycles. The SMILES string of the molecule is Cc1cc2c(CN3CCC4(CC3)COC3=C5CN(C6CCC(=O)NC6=O)C(=O)C5=CCC34)cccc2[nH]1. The van der Waals surface area contributed by atoms with Crippen molar-refractivity contribution in [3.63, 3.8) is 0 Å². The molecule has 2 atom stereocenters. The summed E-state index contributed by atoms with van der Waals surface area (Å²) >= 11 is 0. The fraction of sp³-hybridized carbons (Fsp3) is 0.483. The van der Waals surface area contributed by atoms with E-state index in [1.54, 1.807) is 4.90 Å². The molecule has 0 bridgehead atoms. The monoisotopic (exact) mass is 500 g/mol. The number of aromatic amines is 1. The Balaban J connectivity index is 1.07. The number of aryl methyl sites for hydroxylation is 1. The Kier molecular flexibility index (Phi) is 5.12. The maximum absolute atomic E-state index is 13.2. The normalized spacial score (nSPS) is 27.4. The van der Waals surface area contributed by atoms with Gasteiger partial charge in [0.2, 0.25) is 11.8 Å². The van der Waals surface area contributed by atoms with E-state index in [-0.39, 0.29) is 29.6 Å². The van der Waals surface area contributed by atoms with Gasteiger partial charge < -0.3 is 14.6 Å². The Hall–Kier alpha value is -3.39. The topological polar surface area (TPSA) is 94.7 Å². The highest BCUT2D eigenvalue weighted by Gasteiger charge is 2.53. The lowest BCUT2D eigenvalue weighted by Gasteiger charge is -2.41. The first-order chi connectivity index (χ1) is 17.9. The number of rotatable bonds is 3. The molecule has 5 aliphatic rings. The van der Waals surface area contributed by atoms with Crippen molar-refractivity contribution in [3.05, 3.63) is 58.5 Å². The molecule has 192 valence electrons. The standard InChI is InChI=1S/C29H32N4O4/c1-17-13-20-18(3-2-4-23(20)30-17)14-32-11-9-29(10-12-32)16-37-26-21-15-33(24-7-8-25(34)31-27(24)35)28(36)19(21)5-6-22(26)29/h2-5,13,22,24,30H,6-12,14-16H2,1H3,(H,31,34,35). The summed E-state index contributed by atoms with van der Waals surface area (Å²) in [7, 11) is 0. The summed E-state index contributed by atoms with van der Waals surface area (Å²) < 4.78 is 6.39. The van der Waals surface area contributed by atoms with Gasteiger partial charge in [-0.25, -0.2) is 0 Å². The number of allylic oxidation sites excluding steroid dienone is 2. The van der Waals surface area contributed by atoms with Crippen molar-refractivity contribution in [3.8, 4) is 0 Å².